The van der Waals surface area contributed by atoms with E-state index in [1.807, 2.05) is 30.3 Å². The topological polar surface area (TPSA) is 115 Å². The highest BCUT2D eigenvalue weighted by Crippen LogP contribution is 2.29. The molecule has 174 valence electrons. The molecule has 3 aromatic rings. The van der Waals surface area contributed by atoms with E-state index in [-0.39, 0.29) is 5.91 Å². The van der Waals surface area contributed by atoms with Gasteiger partial charge in [0, 0.05) is 55.4 Å². The molecule has 33 heavy (non-hydrogen) atoms. The third-order valence-corrected chi connectivity index (χ3v) is 6.11. The van der Waals surface area contributed by atoms with E-state index in [4.69, 9.17) is 4.98 Å². The zero-order valence-electron chi connectivity index (χ0n) is 19.3. The maximum absolute atomic E-state index is 11.3. The summed E-state index contributed by atoms with van der Waals surface area (Å²) in [6.45, 7) is 9.34. The van der Waals surface area contributed by atoms with Gasteiger partial charge in [-0.3, -0.25) is 9.89 Å². The lowest BCUT2D eigenvalue weighted by molar-refractivity contribution is -0.114. The lowest BCUT2D eigenvalue weighted by atomic mass is 10.1. The zero-order valence-corrected chi connectivity index (χ0v) is 20.1. The highest BCUT2D eigenvalue weighted by Gasteiger charge is 2.19. The first-order valence-electron chi connectivity index (χ1n) is 10.9. The molecule has 11 heteroatoms. The summed E-state index contributed by atoms with van der Waals surface area (Å²) in [6.07, 6.45) is 0. The molecule has 1 saturated heterocycles. The number of aromatic amines is 1. The SMILES string of the molecule is CC(=O)Nc1ccc(Sc2nc(Nc3cc(C(C)C)[nH]n3)nc(N3CCN(C)CC3)n2)cc1. The molecule has 0 aliphatic carbocycles. The number of nitrogens with zero attached hydrogens (tertiary/aromatic N) is 6. The number of benzene rings is 1. The van der Waals surface area contributed by atoms with Crippen LogP contribution in [0.4, 0.5) is 23.4 Å². The minimum atomic E-state index is -0.0978. The minimum absolute atomic E-state index is 0.0978. The van der Waals surface area contributed by atoms with E-state index in [2.05, 4.69) is 61.5 Å². The Morgan fingerprint density at radius 3 is 2.45 bits per heavy atom. The number of carbonyl (C=O) groups is 1. The number of carbonyl (C=O) groups excluding carboxylic acids is 1. The standard InChI is InChI=1S/C22H29N9OS/c1-14(2)18-13-19(29-28-18)24-20-25-21(31-11-9-30(4)10-12-31)27-22(26-20)33-17-7-5-16(6-8-17)23-15(3)32/h5-8,13-14H,9-12H2,1-4H3,(H,23,32)(H2,24,25,26,27,28,29). The van der Waals surface area contributed by atoms with Gasteiger partial charge in [0.25, 0.3) is 0 Å². The van der Waals surface area contributed by atoms with Crippen molar-refractivity contribution >= 4 is 41.1 Å². The Morgan fingerprint density at radius 2 is 1.82 bits per heavy atom. The highest BCUT2D eigenvalue weighted by molar-refractivity contribution is 7.99. The number of amides is 1. The molecule has 1 aliphatic heterocycles. The summed E-state index contributed by atoms with van der Waals surface area (Å²) in [5.74, 6) is 2.03. The van der Waals surface area contributed by atoms with Crippen LogP contribution < -0.4 is 15.5 Å². The molecule has 0 unspecified atom stereocenters. The van der Waals surface area contributed by atoms with Crippen molar-refractivity contribution in [2.45, 2.75) is 36.7 Å². The molecule has 10 nitrogen and oxygen atoms in total. The quantitative estimate of drug-likeness (QED) is 0.481. The fraction of sp³-hybridized carbons (Fsp3) is 0.409. The number of rotatable bonds is 7. The fourth-order valence-corrected chi connectivity index (χ4v) is 4.06. The molecule has 4 rings (SSSR count). The Bertz CT molecular complexity index is 1090. The molecular weight excluding hydrogens is 438 g/mol. The summed E-state index contributed by atoms with van der Waals surface area (Å²) < 4.78 is 0. The van der Waals surface area contributed by atoms with Crippen LogP contribution in [0.2, 0.25) is 0 Å². The number of hydrogen-bond acceptors (Lipinski definition) is 9. The van der Waals surface area contributed by atoms with Crippen LogP contribution in [-0.2, 0) is 4.79 Å². The Balaban J connectivity index is 1.58. The number of H-pyrrole nitrogens is 1. The van der Waals surface area contributed by atoms with E-state index in [0.717, 1.165) is 42.5 Å². The fourth-order valence-electron chi connectivity index (χ4n) is 3.32. The number of hydrogen-bond donors (Lipinski definition) is 3. The lowest BCUT2D eigenvalue weighted by Crippen LogP contribution is -2.45. The second-order valence-electron chi connectivity index (χ2n) is 8.33. The average Bonchev–Trinajstić information content (AvgIpc) is 3.24. The van der Waals surface area contributed by atoms with Gasteiger partial charge in [-0.05, 0) is 49.0 Å². The van der Waals surface area contributed by atoms with Gasteiger partial charge in [-0.1, -0.05) is 13.8 Å². The Labute approximate surface area is 197 Å². The summed E-state index contributed by atoms with van der Waals surface area (Å²) in [5, 5.41) is 14.0. The maximum atomic E-state index is 11.3. The number of piperazine rings is 1. The van der Waals surface area contributed by atoms with Gasteiger partial charge in [-0.2, -0.15) is 20.1 Å². The Morgan fingerprint density at radius 1 is 1.09 bits per heavy atom. The van der Waals surface area contributed by atoms with Gasteiger partial charge in [-0.25, -0.2) is 0 Å². The molecule has 1 amide bonds. The van der Waals surface area contributed by atoms with Crippen molar-refractivity contribution in [1.82, 2.24) is 30.0 Å². The number of nitrogens with one attached hydrogen (secondary N) is 3. The third-order valence-electron chi connectivity index (χ3n) is 5.23. The van der Waals surface area contributed by atoms with Gasteiger partial charge in [0.05, 0.1) is 0 Å². The Hall–Kier alpha value is -3.18. The van der Waals surface area contributed by atoms with Crippen LogP contribution in [0.25, 0.3) is 0 Å². The van der Waals surface area contributed by atoms with Crippen LogP contribution in [0.5, 0.6) is 0 Å². The van der Waals surface area contributed by atoms with Gasteiger partial charge in [0.1, 0.15) is 0 Å². The van der Waals surface area contributed by atoms with E-state index in [0.29, 0.717) is 28.8 Å². The molecule has 0 atom stereocenters. The number of anilines is 4. The van der Waals surface area contributed by atoms with Gasteiger partial charge >= 0.3 is 0 Å². The third kappa shape index (κ3) is 6.20. The highest BCUT2D eigenvalue weighted by atomic mass is 32.2. The van der Waals surface area contributed by atoms with Crippen LogP contribution in [0, 0.1) is 0 Å². The smallest absolute Gasteiger partial charge is 0.234 e. The van der Waals surface area contributed by atoms with E-state index in [9.17, 15) is 4.79 Å². The number of likely N-dealkylation sites (N-methyl/N-ethyl adjacent to an activating group) is 1. The average molecular weight is 468 g/mol. The maximum Gasteiger partial charge on any atom is 0.234 e. The van der Waals surface area contributed by atoms with E-state index < -0.39 is 0 Å². The van der Waals surface area contributed by atoms with E-state index >= 15 is 0 Å². The first-order valence-corrected chi connectivity index (χ1v) is 11.7. The minimum Gasteiger partial charge on any atom is -0.338 e. The van der Waals surface area contributed by atoms with Crippen molar-refractivity contribution in [2.75, 3.05) is 48.8 Å². The van der Waals surface area contributed by atoms with Crippen molar-refractivity contribution in [3.05, 3.63) is 36.0 Å². The number of aromatic nitrogens is 5. The molecule has 1 aliphatic rings. The van der Waals surface area contributed by atoms with Crippen LogP contribution in [0.15, 0.2) is 40.4 Å². The van der Waals surface area contributed by atoms with Crippen LogP contribution in [-0.4, -0.2) is 69.2 Å². The predicted octanol–water partition coefficient (Wildman–Crippen LogP) is 3.32. The van der Waals surface area contributed by atoms with Gasteiger partial charge in [0.15, 0.2) is 11.0 Å². The predicted molar refractivity (Wildman–Crippen MR) is 130 cm³/mol. The summed E-state index contributed by atoms with van der Waals surface area (Å²) in [6, 6.07) is 9.57. The van der Waals surface area contributed by atoms with Crippen LogP contribution in [0.1, 0.15) is 32.4 Å². The normalized spacial score (nSPS) is 14.5. The van der Waals surface area contributed by atoms with Gasteiger partial charge < -0.3 is 20.4 Å². The van der Waals surface area contributed by atoms with E-state index in [1.165, 1.54) is 18.7 Å². The second kappa shape index (κ2) is 10.2. The summed E-state index contributed by atoms with van der Waals surface area (Å²) in [4.78, 5) is 30.7. The molecule has 3 N–H and O–H groups in total. The molecule has 0 spiro atoms. The van der Waals surface area contributed by atoms with E-state index in [1.54, 1.807) is 0 Å². The van der Waals surface area contributed by atoms with Crippen LogP contribution in [0.3, 0.4) is 0 Å². The molecular formula is C22H29N9OS. The monoisotopic (exact) mass is 467 g/mol. The van der Waals surface area contributed by atoms with Crippen molar-refractivity contribution in [2.24, 2.45) is 0 Å². The largest absolute Gasteiger partial charge is 0.338 e. The first-order chi connectivity index (χ1) is 15.9. The molecule has 0 bridgehead atoms. The Kier molecular flexibility index (Phi) is 7.09. The molecule has 0 radical (unpaired) electrons. The van der Waals surface area contributed by atoms with Crippen molar-refractivity contribution in [1.29, 1.82) is 0 Å². The molecule has 1 aromatic carbocycles. The lowest BCUT2D eigenvalue weighted by Gasteiger charge is -2.32. The van der Waals surface area contributed by atoms with Crippen molar-refractivity contribution in [3.63, 3.8) is 0 Å². The first kappa shape index (κ1) is 23.0. The summed E-state index contributed by atoms with van der Waals surface area (Å²) in [7, 11) is 2.12. The summed E-state index contributed by atoms with van der Waals surface area (Å²) in [5.41, 5.74) is 1.79. The van der Waals surface area contributed by atoms with Crippen LogP contribution >= 0.6 is 11.8 Å². The van der Waals surface area contributed by atoms with Crippen molar-refractivity contribution in [3.8, 4) is 0 Å². The van der Waals surface area contributed by atoms with Gasteiger partial charge in [0.2, 0.25) is 17.8 Å². The van der Waals surface area contributed by atoms with Gasteiger partial charge in [-0.15, -0.1) is 0 Å². The summed E-state index contributed by atoms with van der Waals surface area (Å²) >= 11 is 1.45. The zero-order chi connectivity index (χ0) is 23.4. The molecule has 1 fully saturated rings. The van der Waals surface area contributed by atoms with Crippen molar-refractivity contribution < 1.29 is 4.79 Å². The molecule has 3 heterocycles. The molecule has 0 saturated carbocycles. The molecule has 2 aromatic heterocycles. The second-order valence-corrected chi connectivity index (χ2v) is 9.37.